The molecule has 4 nitrogen and oxygen atoms in total. The summed E-state index contributed by atoms with van der Waals surface area (Å²) in [7, 11) is 1.60. The van der Waals surface area contributed by atoms with Crippen LogP contribution in [-0.2, 0) is 12.8 Å². The number of rotatable bonds is 4. The summed E-state index contributed by atoms with van der Waals surface area (Å²) >= 11 is 0. The molecule has 0 aliphatic heterocycles. The summed E-state index contributed by atoms with van der Waals surface area (Å²) in [5.41, 5.74) is -0.693. The van der Waals surface area contributed by atoms with E-state index in [1.807, 2.05) is 0 Å². The van der Waals surface area contributed by atoms with Crippen molar-refractivity contribution in [3.63, 3.8) is 0 Å². The van der Waals surface area contributed by atoms with E-state index in [1.165, 1.54) is 12.3 Å². The first kappa shape index (κ1) is 15.0. The molecule has 2 aromatic heterocycles. The van der Waals surface area contributed by atoms with Gasteiger partial charge in [-0.15, -0.1) is 0 Å². The third-order valence-corrected chi connectivity index (χ3v) is 2.59. The smallest absolute Gasteiger partial charge is 0.417 e. The number of hydrogen-bond donors (Lipinski definition) is 1. The van der Waals surface area contributed by atoms with Crippen LogP contribution in [0.3, 0.4) is 0 Å². The van der Waals surface area contributed by atoms with Gasteiger partial charge in [-0.05, 0) is 6.07 Å². The number of halogens is 4. The molecule has 0 fully saturated rings. The summed E-state index contributed by atoms with van der Waals surface area (Å²) in [6.45, 7) is -0.235. The van der Waals surface area contributed by atoms with Crippen LogP contribution in [0.5, 0.6) is 5.75 Å². The molecule has 0 amide bonds. The monoisotopic (exact) mass is 301 g/mol. The van der Waals surface area contributed by atoms with Crippen LogP contribution in [0.4, 0.5) is 23.4 Å². The van der Waals surface area contributed by atoms with Gasteiger partial charge in [0.25, 0.3) is 0 Å². The zero-order valence-electron chi connectivity index (χ0n) is 10.9. The number of anilines is 1. The second kappa shape index (κ2) is 5.94. The lowest BCUT2D eigenvalue weighted by molar-refractivity contribution is -0.137. The number of pyridine rings is 2. The molecule has 2 aromatic rings. The van der Waals surface area contributed by atoms with Crippen molar-refractivity contribution in [2.24, 2.45) is 0 Å². The molecule has 8 heteroatoms. The number of aromatic nitrogens is 2. The zero-order valence-corrected chi connectivity index (χ0v) is 10.9. The number of nitrogens with one attached hydrogen (secondary N) is 1. The lowest BCUT2D eigenvalue weighted by Gasteiger charge is -2.10. The highest BCUT2D eigenvalue weighted by molar-refractivity contribution is 5.40. The van der Waals surface area contributed by atoms with Gasteiger partial charge in [0.1, 0.15) is 12.4 Å². The van der Waals surface area contributed by atoms with Crippen LogP contribution >= 0.6 is 0 Å². The van der Waals surface area contributed by atoms with Crippen molar-refractivity contribution >= 4 is 5.82 Å². The minimum absolute atomic E-state index is 0.105. The Balaban J connectivity index is 2.13. The van der Waals surface area contributed by atoms with Crippen LogP contribution in [0.15, 0.2) is 30.7 Å². The van der Waals surface area contributed by atoms with Crippen molar-refractivity contribution in [2.75, 3.05) is 12.4 Å². The summed E-state index contributed by atoms with van der Waals surface area (Å²) < 4.78 is 56.2. The third-order valence-electron chi connectivity index (χ3n) is 2.59. The van der Waals surface area contributed by atoms with E-state index in [-0.39, 0.29) is 17.9 Å². The van der Waals surface area contributed by atoms with Crippen LogP contribution in [-0.4, -0.2) is 17.0 Å². The van der Waals surface area contributed by atoms with Gasteiger partial charge in [0.05, 0.1) is 11.8 Å². The predicted octanol–water partition coefficient (Wildman–Crippen LogP) is 3.26. The predicted molar refractivity (Wildman–Crippen MR) is 67.3 cm³/mol. The first-order chi connectivity index (χ1) is 9.90. The molecule has 0 aliphatic rings. The molecule has 0 atom stereocenters. The molecule has 21 heavy (non-hydrogen) atoms. The zero-order chi connectivity index (χ0) is 15.5. The lowest BCUT2D eigenvalue weighted by atomic mass is 10.2. The van der Waals surface area contributed by atoms with Crippen molar-refractivity contribution < 1.29 is 22.3 Å². The lowest BCUT2D eigenvalue weighted by Crippen LogP contribution is -2.07. The summed E-state index contributed by atoms with van der Waals surface area (Å²) in [4.78, 5) is 7.23. The van der Waals surface area contributed by atoms with Gasteiger partial charge in [0.15, 0.2) is 11.6 Å². The fourth-order valence-electron chi connectivity index (χ4n) is 1.55. The summed E-state index contributed by atoms with van der Waals surface area (Å²) in [6, 6.07) is 2.22. The number of hydrogen-bond acceptors (Lipinski definition) is 4. The first-order valence-electron chi connectivity index (χ1n) is 5.87. The summed E-state index contributed by atoms with van der Waals surface area (Å²) in [6.07, 6.45) is -1.57. The highest BCUT2D eigenvalue weighted by Gasteiger charge is 2.31. The highest BCUT2D eigenvalue weighted by Crippen LogP contribution is 2.29. The topological polar surface area (TPSA) is 47.0 Å². The van der Waals surface area contributed by atoms with Crippen molar-refractivity contribution in [1.82, 2.24) is 9.97 Å². The van der Waals surface area contributed by atoms with Crippen LogP contribution in [0.1, 0.15) is 11.1 Å². The molecule has 0 saturated carbocycles. The van der Waals surface area contributed by atoms with Crippen LogP contribution in [0.25, 0.3) is 0 Å². The number of alkyl halides is 3. The van der Waals surface area contributed by atoms with Gasteiger partial charge in [0, 0.05) is 31.1 Å². The van der Waals surface area contributed by atoms with Gasteiger partial charge in [-0.2, -0.15) is 13.2 Å². The minimum atomic E-state index is -4.48. The molecule has 2 rings (SSSR count). The molecule has 0 aromatic carbocycles. The average Bonchev–Trinajstić information content (AvgIpc) is 2.46. The van der Waals surface area contributed by atoms with E-state index < -0.39 is 17.6 Å². The molecule has 1 N–H and O–H groups in total. The molecule has 0 radical (unpaired) electrons. The van der Waals surface area contributed by atoms with Gasteiger partial charge >= 0.3 is 6.18 Å². The largest absolute Gasteiger partial charge is 0.486 e. The van der Waals surface area contributed by atoms with Crippen molar-refractivity contribution in [2.45, 2.75) is 12.8 Å². The molecule has 0 saturated heterocycles. The SMILES string of the molecule is CNc1cc(OCc2cncc(C(F)(F)F)c2)c(F)cn1. The fraction of sp³-hybridized carbons (Fsp3) is 0.231. The van der Waals surface area contributed by atoms with Crippen LogP contribution < -0.4 is 10.1 Å². The quantitative estimate of drug-likeness (QED) is 0.881. The van der Waals surface area contributed by atoms with Crippen molar-refractivity contribution in [1.29, 1.82) is 0 Å². The Bertz CT molecular complexity index is 631. The van der Waals surface area contributed by atoms with E-state index in [4.69, 9.17) is 4.74 Å². The Hall–Kier alpha value is -2.38. The van der Waals surface area contributed by atoms with E-state index in [0.29, 0.717) is 5.82 Å². The second-order valence-corrected chi connectivity index (χ2v) is 4.12. The van der Waals surface area contributed by atoms with Crippen molar-refractivity contribution in [3.8, 4) is 5.75 Å². The maximum Gasteiger partial charge on any atom is 0.417 e. The molecule has 112 valence electrons. The molecular formula is C13H11F4N3O. The summed E-state index contributed by atoms with van der Waals surface area (Å²) in [5, 5.41) is 2.70. The van der Waals surface area contributed by atoms with E-state index in [0.717, 1.165) is 18.5 Å². The number of ether oxygens (including phenoxy) is 1. The van der Waals surface area contributed by atoms with Gasteiger partial charge < -0.3 is 10.1 Å². The van der Waals surface area contributed by atoms with Gasteiger partial charge in [-0.25, -0.2) is 9.37 Å². The van der Waals surface area contributed by atoms with Crippen LogP contribution in [0.2, 0.25) is 0 Å². The Labute approximate surface area is 117 Å². The highest BCUT2D eigenvalue weighted by atomic mass is 19.4. The maximum absolute atomic E-state index is 13.5. The van der Waals surface area contributed by atoms with E-state index in [2.05, 4.69) is 15.3 Å². The molecule has 0 unspecified atom stereocenters. The first-order valence-corrected chi connectivity index (χ1v) is 5.87. The number of nitrogens with zero attached hydrogens (tertiary/aromatic N) is 2. The van der Waals surface area contributed by atoms with Crippen LogP contribution in [0, 0.1) is 5.82 Å². The van der Waals surface area contributed by atoms with Gasteiger partial charge in [-0.3, -0.25) is 4.98 Å². The molecule has 2 heterocycles. The molecule has 0 bridgehead atoms. The Kier molecular flexibility index (Phi) is 4.25. The van der Waals surface area contributed by atoms with Gasteiger partial charge in [0.2, 0.25) is 0 Å². The molecule has 0 spiro atoms. The Morgan fingerprint density at radius 1 is 1.19 bits per heavy atom. The van der Waals surface area contributed by atoms with Gasteiger partial charge in [-0.1, -0.05) is 0 Å². The fourth-order valence-corrected chi connectivity index (χ4v) is 1.55. The van der Waals surface area contributed by atoms with E-state index >= 15 is 0 Å². The Morgan fingerprint density at radius 2 is 1.95 bits per heavy atom. The average molecular weight is 301 g/mol. The van der Waals surface area contributed by atoms with E-state index in [1.54, 1.807) is 7.05 Å². The molecular weight excluding hydrogens is 290 g/mol. The van der Waals surface area contributed by atoms with E-state index in [9.17, 15) is 17.6 Å². The Morgan fingerprint density at radius 3 is 2.62 bits per heavy atom. The summed E-state index contributed by atoms with van der Waals surface area (Å²) in [5.74, 6) is -0.422. The normalized spacial score (nSPS) is 11.3. The van der Waals surface area contributed by atoms with Crippen molar-refractivity contribution in [3.05, 3.63) is 47.7 Å². The maximum atomic E-state index is 13.5. The second-order valence-electron chi connectivity index (χ2n) is 4.12. The minimum Gasteiger partial charge on any atom is -0.486 e. The molecule has 0 aliphatic carbocycles. The third kappa shape index (κ3) is 3.80. The standard InChI is InChI=1S/C13H11F4N3O/c1-18-12-3-11(10(14)6-20-12)21-7-8-2-9(5-19-4-8)13(15,16)17/h2-6H,7H2,1H3,(H,18,20).